The van der Waals surface area contributed by atoms with Crippen molar-refractivity contribution in [1.82, 2.24) is 10.3 Å². The third-order valence-electron chi connectivity index (χ3n) is 4.64. The van der Waals surface area contributed by atoms with Gasteiger partial charge in [0.1, 0.15) is 5.56 Å². The summed E-state index contributed by atoms with van der Waals surface area (Å²) in [6.07, 6.45) is 3.59. The summed E-state index contributed by atoms with van der Waals surface area (Å²) in [5.74, 6) is 0.212. The molecule has 4 heteroatoms. The van der Waals surface area contributed by atoms with Crippen molar-refractivity contribution >= 4 is 5.91 Å². The first-order valence-electron chi connectivity index (χ1n) is 7.92. The summed E-state index contributed by atoms with van der Waals surface area (Å²) < 4.78 is 5.19. The number of fused-ring (bicyclic) bond motifs is 1. The quantitative estimate of drug-likeness (QED) is 0.942. The minimum Gasteiger partial charge on any atom is -0.480 e. The maximum absolute atomic E-state index is 12.6. The Bertz CT molecular complexity index is 725. The molecule has 3 rings (SSSR count). The van der Waals surface area contributed by atoms with Crippen molar-refractivity contribution in [3.8, 4) is 5.88 Å². The van der Waals surface area contributed by atoms with Crippen molar-refractivity contribution in [2.24, 2.45) is 0 Å². The minimum absolute atomic E-state index is 0.0247. The SMILES string of the molecule is COc1ncccc1C(=O)N[C@@H]1CCC(C)(C)c2ccccc21. The van der Waals surface area contributed by atoms with Crippen LogP contribution in [0.1, 0.15) is 54.2 Å². The maximum Gasteiger partial charge on any atom is 0.257 e. The third-order valence-corrected chi connectivity index (χ3v) is 4.64. The lowest BCUT2D eigenvalue weighted by molar-refractivity contribution is 0.0925. The van der Waals surface area contributed by atoms with Crippen molar-refractivity contribution in [1.29, 1.82) is 0 Å². The molecule has 1 atom stereocenters. The molecule has 0 unspecified atom stereocenters. The molecule has 0 saturated carbocycles. The highest BCUT2D eigenvalue weighted by molar-refractivity contribution is 5.96. The van der Waals surface area contributed by atoms with Gasteiger partial charge in [-0.05, 0) is 41.5 Å². The molecule has 1 aromatic heterocycles. The fraction of sp³-hybridized carbons (Fsp3) is 0.368. The number of hydrogen-bond donors (Lipinski definition) is 1. The number of hydrogen-bond acceptors (Lipinski definition) is 3. The molecule has 1 N–H and O–H groups in total. The van der Waals surface area contributed by atoms with Crippen molar-refractivity contribution < 1.29 is 9.53 Å². The Hall–Kier alpha value is -2.36. The van der Waals surface area contributed by atoms with E-state index in [2.05, 4.69) is 42.3 Å². The average Bonchev–Trinajstić information content (AvgIpc) is 2.57. The number of methoxy groups -OCH3 is 1. The Balaban J connectivity index is 1.88. The number of benzene rings is 1. The molecule has 0 bridgehead atoms. The lowest BCUT2D eigenvalue weighted by Gasteiger charge is -2.37. The Morgan fingerprint density at radius 1 is 1.26 bits per heavy atom. The van der Waals surface area contributed by atoms with Crippen molar-refractivity contribution in [3.05, 3.63) is 59.3 Å². The van der Waals surface area contributed by atoms with Gasteiger partial charge in [-0.1, -0.05) is 38.1 Å². The van der Waals surface area contributed by atoms with Crippen LogP contribution in [0.3, 0.4) is 0 Å². The molecule has 0 fully saturated rings. The van der Waals surface area contributed by atoms with Crippen LogP contribution in [0.25, 0.3) is 0 Å². The van der Waals surface area contributed by atoms with Crippen LogP contribution in [0.15, 0.2) is 42.6 Å². The molecule has 1 heterocycles. The Morgan fingerprint density at radius 2 is 2.04 bits per heavy atom. The fourth-order valence-corrected chi connectivity index (χ4v) is 3.32. The summed E-state index contributed by atoms with van der Waals surface area (Å²) in [6, 6.07) is 11.9. The second-order valence-electron chi connectivity index (χ2n) is 6.60. The number of pyridine rings is 1. The summed E-state index contributed by atoms with van der Waals surface area (Å²) in [7, 11) is 1.53. The van der Waals surface area contributed by atoms with Gasteiger partial charge in [0, 0.05) is 6.20 Å². The zero-order chi connectivity index (χ0) is 16.4. The van der Waals surface area contributed by atoms with E-state index in [1.54, 1.807) is 18.3 Å². The number of aromatic nitrogens is 1. The molecule has 4 nitrogen and oxygen atoms in total. The second kappa shape index (κ2) is 6.03. The van der Waals surface area contributed by atoms with Crippen LogP contribution in [-0.4, -0.2) is 18.0 Å². The Labute approximate surface area is 136 Å². The van der Waals surface area contributed by atoms with Gasteiger partial charge in [0.05, 0.1) is 13.2 Å². The number of ether oxygens (including phenoxy) is 1. The Morgan fingerprint density at radius 3 is 2.83 bits per heavy atom. The second-order valence-corrected chi connectivity index (χ2v) is 6.60. The first-order chi connectivity index (χ1) is 11.0. The Kier molecular flexibility index (Phi) is 4.07. The van der Waals surface area contributed by atoms with E-state index in [0.717, 1.165) is 12.8 Å². The largest absolute Gasteiger partial charge is 0.480 e. The summed E-state index contributed by atoms with van der Waals surface area (Å²) in [6.45, 7) is 4.52. The van der Waals surface area contributed by atoms with Crippen LogP contribution in [-0.2, 0) is 5.41 Å². The van der Waals surface area contributed by atoms with Gasteiger partial charge in [-0.15, -0.1) is 0 Å². The number of carbonyl (C=O) groups excluding carboxylic acids is 1. The molecule has 0 aliphatic heterocycles. The highest BCUT2D eigenvalue weighted by Gasteiger charge is 2.33. The van der Waals surface area contributed by atoms with E-state index in [9.17, 15) is 4.79 Å². The van der Waals surface area contributed by atoms with Gasteiger partial charge in [0.2, 0.25) is 5.88 Å². The van der Waals surface area contributed by atoms with Gasteiger partial charge in [0.15, 0.2) is 0 Å². The van der Waals surface area contributed by atoms with Gasteiger partial charge in [-0.3, -0.25) is 4.79 Å². The highest BCUT2D eigenvalue weighted by Crippen LogP contribution is 2.41. The van der Waals surface area contributed by atoms with Crippen molar-refractivity contribution in [2.45, 2.75) is 38.1 Å². The third kappa shape index (κ3) is 2.93. The normalized spacial score (nSPS) is 18.8. The number of carbonyl (C=O) groups is 1. The molecule has 23 heavy (non-hydrogen) atoms. The number of nitrogens with zero attached hydrogens (tertiary/aromatic N) is 1. The highest BCUT2D eigenvalue weighted by atomic mass is 16.5. The van der Waals surface area contributed by atoms with E-state index < -0.39 is 0 Å². The van der Waals surface area contributed by atoms with E-state index in [0.29, 0.717) is 11.4 Å². The number of amides is 1. The summed E-state index contributed by atoms with van der Waals surface area (Å²) in [5.41, 5.74) is 3.14. The van der Waals surface area contributed by atoms with E-state index >= 15 is 0 Å². The molecule has 0 radical (unpaired) electrons. The van der Waals surface area contributed by atoms with Gasteiger partial charge < -0.3 is 10.1 Å². The number of rotatable bonds is 3. The standard InChI is InChI=1S/C19H22N2O2/c1-19(2)11-10-16(13-7-4-5-9-15(13)19)21-17(22)14-8-6-12-20-18(14)23-3/h4-9,12,16H,10-11H2,1-3H3,(H,21,22)/t16-/m1/s1. The van der Waals surface area contributed by atoms with E-state index in [1.165, 1.54) is 18.2 Å². The zero-order valence-electron chi connectivity index (χ0n) is 13.8. The fourth-order valence-electron chi connectivity index (χ4n) is 3.32. The smallest absolute Gasteiger partial charge is 0.257 e. The van der Waals surface area contributed by atoms with E-state index in [-0.39, 0.29) is 17.4 Å². The summed E-state index contributed by atoms with van der Waals surface area (Å²) in [5, 5.41) is 3.14. The van der Waals surface area contributed by atoms with Crippen molar-refractivity contribution in [3.63, 3.8) is 0 Å². The van der Waals surface area contributed by atoms with Crippen LogP contribution in [0, 0.1) is 0 Å². The van der Waals surface area contributed by atoms with Crippen LogP contribution >= 0.6 is 0 Å². The number of nitrogens with one attached hydrogen (secondary N) is 1. The van der Waals surface area contributed by atoms with Crippen LogP contribution < -0.4 is 10.1 Å². The van der Waals surface area contributed by atoms with Crippen LogP contribution in [0.5, 0.6) is 5.88 Å². The minimum atomic E-state index is -0.144. The van der Waals surface area contributed by atoms with Crippen LogP contribution in [0.2, 0.25) is 0 Å². The summed E-state index contributed by atoms with van der Waals surface area (Å²) in [4.78, 5) is 16.7. The molecule has 1 amide bonds. The predicted molar refractivity (Wildman–Crippen MR) is 89.7 cm³/mol. The van der Waals surface area contributed by atoms with Crippen LogP contribution in [0.4, 0.5) is 0 Å². The van der Waals surface area contributed by atoms with E-state index in [4.69, 9.17) is 4.74 Å². The predicted octanol–water partition coefficient (Wildman–Crippen LogP) is 3.63. The molecule has 0 saturated heterocycles. The molecule has 1 aromatic carbocycles. The first-order valence-corrected chi connectivity index (χ1v) is 7.92. The first kappa shape index (κ1) is 15.5. The lowest BCUT2D eigenvalue weighted by Crippen LogP contribution is -2.35. The molecule has 1 aliphatic rings. The zero-order valence-corrected chi connectivity index (χ0v) is 13.8. The molecular weight excluding hydrogens is 288 g/mol. The molecule has 2 aromatic rings. The van der Waals surface area contributed by atoms with E-state index in [1.807, 2.05) is 6.07 Å². The van der Waals surface area contributed by atoms with Gasteiger partial charge in [-0.2, -0.15) is 0 Å². The lowest BCUT2D eigenvalue weighted by atomic mass is 9.71. The molecule has 120 valence electrons. The maximum atomic E-state index is 12.6. The topological polar surface area (TPSA) is 51.2 Å². The van der Waals surface area contributed by atoms with Gasteiger partial charge in [-0.25, -0.2) is 4.98 Å². The van der Waals surface area contributed by atoms with Crippen molar-refractivity contribution in [2.75, 3.05) is 7.11 Å². The molecule has 0 spiro atoms. The summed E-state index contributed by atoms with van der Waals surface area (Å²) >= 11 is 0. The molecule has 1 aliphatic carbocycles. The average molecular weight is 310 g/mol. The van der Waals surface area contributed by atoms with Gasteiger partial charge >= 0.3 is 0 Å². The van der Waals surface area contributed by atoms with Gasteiger partial charge in [0.25, 0.3) is 5.91 Å². The molecular formula is C19H22N2O2. The monoisotopic (exact) mass is 310 g/mol.